The van der Waals surface area contributed by atoms with E-state index < -0.39 is 5.41 Å². The van der Waals surface area contributed by atoms with Gasteiger partial charge in [0.1, 0.15) is 5.41 Å². The van der Waals surface area contributed by atoms with E-state index in [2.05, 4.69) is 13.8 Å². The number of hydrogen-bond donors (Lipinski definition) is 1. The van der Waals surface area contributed by atoms with Crippen LogP contribution >= 0.6 is 0 Å². The Bertz CT molecular complexity index is 405. The highest BCUT2D eigenvalue weighted by Crippen LogP contribution is 2.33. The highest BCUT2D eigenvalue weighted by molar-refractivity contribution is 5.83. The predicted molar refractivity (Wildman–Crippen MR) is 82.5 cm³/mol. The van der Waals surface area contributed by atoms with Crippen molar-refractivity contribution in [2.45, 2.75) is 45.4 Å². The molecule has 0 aliphatic heterocycles. The molecule has 0 saturated heterocycles. The van der Waals surface area contributed by atoms with Gasteiger partial charge in [-0.3, -0.25) is 4.79 Å². The van der Waals surface area contributed by atoms with Gasteiger partial charge in [-0.25, -0.2) is 0 Å². The third-order valence-electron chi connectivity index (χ3n) is 3.82. The molecule has 0 radical (unpaired) electrons. The summed E-state index contributed by atoms with van der Waals surface area (Å²) in [6, 6.07) is 9.79. The summed E-state index contributed by atoms with van der Waals surface area (Å²) in [7, 11) is 0. The molecular weight excluding hydrogens is 250 g/mol. The van der Waals surface area contributed by atoms with Gasteiger partial charge in [0.05, 0.1) is 6.61 Å². The lowest BCUT2D eigenvalue weighted by Crippen LogP contribution is -2.45. The van der Waals surface area contributed by atoms with Crippen LogP contribution in [0.3, 0.4) is 0 Å². The van der Waals surface area contributed by atoms with E-state index in [1.807, 2.05) is 37.3 Å². The van der Waals surface area contributed by atoms with E-state index in [9.17, 15) is 4.79 Å². The lowest BCUT2D eigenvalue weighted by atomic mass is 9.73. The quantitative estimate of drug-likeness (QED) is 0.742. The minimum Gasteiger partial charge on any atom is -0.465 e. The summed E-state index contributed by atoms with van der Waals surface area (Å²) in [5, 5.41) is 0. The molecule has 1 rings (SSSR count). The maximum atomic E-state index is 12.5. The molecule has 3 heteroatoms. The molecule has 0 heterocycles. The van der Waals surface area contributed by atoms with E-state index >= 15 is 0 Å². The zero-order valence-corrected chi connectivity index (χ0v) is 12.9. The van der Waals surface area contributed by atoms with Crippen molar-refractivity contribution >= 4 is 5.97 Å². The Morgan fingerprint density at radius 1 is 1.30 bits per heavy atom. The first-order valence-corrected chi connectivity index (χ1v) is 7.53. The average molecular weight is 277 g/mol. The van der Waals surface area contributed by atoms with Crippen molar-refractivity contribution in [1.82, 2.24) is 0 Å². The van der Waals surface area contributed by atoms with Gasteiger partial charge >= 0.3 is 5.97 Å². The predicted octanol–water partition coefficient (Wildman–Crippen LogP) is 3.27. The monoisotopic (exact) mass is 277 g/mol. The van der Waals surface area contributed by atoms with Crippen molar-refractivity contribution in [2.24, 2.45) is 11.7 Å². The van der Waals surface area contributed by atoms with Crippen LogP contribution in [0.4, 0.5) is 0 Å². The minimum absolute atomic E-state index is 0.198. The molecule has 112 valence electrons. The van der Waals surface area contributed by atoms with Crippen molar-refractivity contribution in [1.29, 1.82) is 0 Å². The van der Waals surface area contributed by atoms with Gasteiger partial charge in [-0.15, -0.1) is 0 Å². The van der Waals surface area contributed by atoms with Crippen molar-refractivity contribution in [3.8, 4) is 0 Å². The molecule has 20 heavy (non-hydrogen) atoms. The van der Waals surface area contributed by atoms with E-state index in [0.717, 1.165) is 24.8 Å². The Morgan fingerprint density at radius 2 is 1.95 bits per heavy atom. The second-order valence-corrected chi connectivity index (χ2v) is 5.47. The first-order valence-electron chi connectivity index (χ1n) is 7.53. The lowest BCUT2D eigenvalue weighted by Gasteiger charge is -2.33. The van der Waals surface area contributed by atoms with Crippen LogP contribution in [0.5, 0.6) is 0 Å². The molecule has 0 saturated carbocycles. The van der Waals surface area contributed by atoms with Gasteiger partial charge < -0.3 is 10.5 Å². The smallest absolute Gasteiger partial charge is 0.317 e. The molecular formula is C17H27NO2. The molecule has 0 bridgehead atoms. The number of rotatable bonds is 8. The van der Waals surface area contributed by atoms with Crippen LogP contribution in [0.25, 0.3) is 0 Å². The number of nitrogens with two attached hydrogens (primary N) is 1. The molecule has 0 aliphatic carbocycles. The number of carbonyl (C=O) groups excluding carboxylic acids is 1. The molecule has 1 aromatic carbocycles. The van der Waals surface area contributed by atoms with Crippen LogP contribution in [-0.2, 0) is 14.9 Å². The third kappa shape index (κ3) is 3.83. The minimum atomic E-state index is -0.716. The molecule has 0 aromatic heterocycles. The first kappa shape index (κ1) is 16.7. The second kappa shape index (κ2) is 8.05. The summed E-state index contributed by atoms with van der Waals surface area (Å²) in [4.78, 5) is 12.5. The fraction of sp³-hybridized carbons (Fsp3) is 0.588. The maximum Gasteiger partial charge on any atom is 0.317 e. The van der Waals surface area contributed by atoms with Gasteiger partial charge in [0.25, 0.3) is 0 Å². The standard InChI is InChI=1S/C17H27NO2/c1-4-9-14(3)12-17(13-18,16(19)20-5-2)15-10-7-6-8-11-15/h6-8,10-11,14H,4-5,9,12-13,18H2,1-3H3. The Kier molecular flexibility index (Phi) is 6.73. The van der Waals surface area contributed by atoms with E-state index in [4.69, 9.17) is 10.5 Å². The average Bonchev–Trinajstić information content (AvgIpc) is 2.46. The summed E-state index contributed by atoms with van der Waals surface area (Å²) in [5.74, 6) is 0.241. The van der Waals surface area contributed by atoms with E-state index in [0.29, 0.717) is 12.5 Å². The number of hydrogen-bond acceptors (Lipinski definition) is 3. The van der Waals surface area contributed by atoms with Crippen LogP contribution in [0.1, 0.15) is 45.6 Å². The Balaban J connectivity index is 3.12. The van der Waals surface area contributed by atoms with Crippen molar-refractivity contribution in [3.63, 3.8) is 0 Å². The first-order chi connectivity index (χ1) is 9.60. The van der Waals surface area contributed by atoms with Crippen LogP contribution in [0, 0.1) is 5.92 Å². The van der Waals surface area contributed by atoms with Crippen molar-refractivity contribution in [3.05, 3.63) is 35.9 Å². The van der Waals surface area contributed by atoms with Gasteiger partial charge in [-0.1, -0.05) is 57.0 Å². The zero-order chi connectivity index (χ0) is 15.0. The van der Waals surface area contributed by atoms with Crippen LogP contribution in [0.15, 0.2) is 30.3 Å². The third-order valence-corrected chi connectivity index (χ3v) is 3.82. The van der Waals surface area contributed by atoms with Gasteiger partial charge in [0.2, 0.25) is 0 Å². The van der Waals surface area contributed by atoms with Crippen molar-refractivity contribution in [2.75, 3.05) is 13.2 Å². The zero-order valence-electron chi connectivity index (χ0n) is 12.9. The fourth-order valence-electron chi connectivity index (χ4n) is 2.82. The summed E-state index contributed by atoms with van der Waals surface area (Å²) >= 11 is 0. The Morgan fingerprint density at radius 3 is 2.45 bits per heavy atom. The molecule has 1 aromatic rings. The molecule has 3 nitrogen and oxygen atoms in total. The number of benzene rings is 1. The van der Waals surface area contributed by atoms with Gasteiger partial charge in [0.15, 0.2) is 0 Å². The molecule has 2 N–H and O–H groups in total. The Labute approximate surface area is 122 Å². The van der Waals surface area contributed by atoms with E-state index in [1.165, 1.54) is 0 Å². The second-order valence-electron chi connectivity index (χ2n) is 5.47. The number of esters is 1. The normalized spacial score (nSPS) is 15.4. The molecule has 0 aliphatic rings. The molecule has 0 amide bonds. The molecule has 2 atom stereocenters. The summed E-state index contributed by atoms with van der Waals surface area (Å²) in [6.45, 7) is 6.84. The topological polar surface area (TPSA) is 52.3 Å². The van der Waals surface area contributed by atoms with Gasteiger partial charge in [0, 0.05) is 6.54 Å². The summed E-state index contributed by atoms with van der Waals surface area (Å²) in [5.41, 5.74) is 6.26. The summed E-state index contributed by atoms with van der Waals surface area (Å²) in [6.07, 6.45) is 2.94. The van der Waals surface area contributed by atoms with Crippen LogP contribution < -0.4 is 5.73 Å². The van der Waals surface area contributed by atoms with Gasteiger partial charge in [-0.05, 0) is 24.8 Å². The molecule has 2 unspecified atom stereocenters. The SMILES string of the molecule is CCCC(C)CC(CN)(C(=O)OCC)c1ccccc1. The van der Waals surface area contributed by atoms with E-state index in [-0.39, 0.29) is 12.5 Å². The lowest BCUT2D eigenvalue weighted by molar-refractivity contribution is -0.150. The van der Waals surface area contributed by atoms with Crippen LogP contribution in [-0.4, -0.2) is 19.1 Å². The largest absolute Gasteiger partial charge is 0.465 e. The molecule has 0 spiro atoms. The molecule has 0 fully saturated rings. The maximum absolute atomic E-state index is 12.5. The van der Waals surface area contributed by atoms with Crippen LogP contribution in [0.2, 0.25) is 0 Å². The number of carbonyl (C=O) groups is 1. The van der Waals surface area contributed by atoms with Gasteiger partial charge in [-0.2, -0.15) is 0 Å². The van der Waals surface area contributed by atoms with Crippen molar-refractivity contribution < 1.29 is 9.53 Å². The number of ether oxygens (including phenoxy) is 1. The highest BCUT2D eigenvalue weighted by Gasteiger charge is 2.41. The Hall–Kier alpha value is -1.35. The fourth-order valence-corrected chi connectivity index (χ4v) is 2.82. The van der Waals surface area contributed by atoms with E-state index in [1.54, 1.807) is 0 Å². The highest BCUT2D eigenvalue weighted by atomic mass is 16.5. The summed E-state index contributed by atoms with van der Waals surface area (Å²) < 4.78 is 5.31.